The first-order valence-electron chi connectivity index (χ1n) is 5.94. The standard InChI is InChI=1S/C15H7BrCl2FNO/c16-14-8(2-1-3-11(14)19)15(21)9-6-20-12-5-7(17)4-10(18)13(9)12/h1-6,20H. The van der Waals surface area contributed by atoms with E-state index in [2.05, 4.69) is 20.9 Å². The molecule has 1 heterocycles. The van der Waals surface area contributed by atoms with Crippen LogP contribution in [-0.2, 0) is 0 Å². The molecule has 0 spiro atoms. The maximum absolute atomic E-state index is 13.6. The van der Waals surface area contributed by atoms with Gasteiger partial charge in [-0.3, -0.25) is 4.79 Å². The van der Waals surface area contributed by atoms with Gasteiger partial charge in [-0.2, -0.15) is 0 Å². The highest BCUT2D eigenvalue weighted by molar-refractivity contribution is 9.10. The number of halogens is 4. The Labute approximate surface area is 138 Å². The van der Waals surface area contributed by atoms with Crippen molar-refractivity contribution >= 4 is 55.8 Å². The molecule has 3 aromatic rings. The third-order valence-electron chi connectivity index (χ3n) is 3.14. The van der Waals surface area contributed by atoms with Gasteiger partial charge in [-0.1, -0.05) is 29.3 Å². The predicted octanol–water partition coefficient (Wildman–Crippen LogP) is 5.61. The van der Waals surface area contributed by atoms with Crippen LogP contribution in [0.4, 0.5) is 4.39 Å². The molecule has 106 valence electrons. The lowest BCUT2D eigenvalue weighted by atomic mass is 10.0. The summed E-state index contributed by atoms with van der Waals surface area (Å²) in [7, 11) is 0. The van der Waals surface area contributed by atoms with Crippen LogP contribution in [0.3, 0.4) is 0 Å². The van der Waals surface area contributed by atoms with Crippen molar-refractivity contribution in [3.63, 3.8) is 0 Å². The summed E-state index contributed by atoms with van der Waals surface area (Å²) in [5, 5.41) is 1.41. The Morgan fingerprint density at radius 3 is 2.71 bits per heavy atom. The molecule has 0 fully saturated rings. The fourth-order valence-corrected chi connectivity index (χ4v) is 3.23. The minimum atomic E-state index is -0.491. The van der Waals surface area contributed by atoms with Crippen LogP contribution in [0.1, 0.15) is 15.9 Å². The number of nitrogens with one attached hydrogen (secondary N) is 1. The van der Waals surface area contributed by atoms with Crippen LogP contribution in [0, 0.1) is 5.82 Å². The number of rotatable bonds is 2. The van der Waals surface area contributed by atoms with E-state index in [9.17, 15) is 9.18 Å². The molecular formula is C15H7BrCl2FNO. The van der Waals surface area contributed by atoms with E-state index in [1.807, 2.05) is 0 Å². The maximum Gasteiger partial charge on any atom is 0.196 e. The number of H-pyrrole nitrogens is 1. The molecular weight excluding hydrogens is 380 g/mol. The molecule has 0 unspecified atom stereocenters. The van der Waals surface area contributed by atoms with Crippen molar-refractivity contribution in [3.8, 4) is 0 Å². The number of benzene rings is 2. The second-order valence-corrected chi connectivity index (χ2v) is 6.08. The minimum Gasteiger partial charge on any atom is -0.360 e. The Hall–Kier alpha value is -1.36. The zero-order valence-electron chi connectivity index (χ0n) is 10.4. The van der Waals surface area contributed by atoms with Crippen molar-refractivity contribution < 1.29 is 9.18 Å². The van der Waals surface area contributed by atoms with E-state index in [1.165, 1.54) is 12.1 Å². The molecule has 0 aliphatic carbocycles. The van der Waals surface area contributed by atoms with Crippen molar-refractivity contribution in [2.75, 3.05) is 0 Å². The van der Waals surface area contributed by atoms with Crippen LogP contribution in [-0.4, -0.2) is 10.8 Å². The van der Waals surface area contributed by atoms with E-state index in [1.54, 1.807) is 24.4 Å². The molecule has 21 heavy (non-hydrogen) atoms. The normalized spacial score (nSPS) is 11.0. The van der Waals surface area contributed by atoms with Crippen LogP contribution < -0.4 is 0 Å². The molecule has 0 saturated heterocycles. The Kier molecular flexibility index (Phi) is 3.78. The number of carbonyl (C=O) groups is 1. The Bertz CT molecular complexity index is 875. The highest BCUT2D eigenvalue weighted by Crippen LogP contribution is 2.32. The Morgan fingerprint density at radius 2 is 1.95 bits per heavy atom. The third-order valence-corrected chi connectivity index (χ3v) is 4.46. The molecule has 1 N–H and O–H groups in total. The molecule has 2 aromatic carbocycles. The van der Waals surface area contributed by atoms with Gasteiger partial charge in [0.05, 0.1) is 9.50 Å². The predicted molar refractivity (Wildman–Crippen MR) is 85.9 cm³/mol. The van der Waals surface area contributed by atoms with E-state index in [4.69, 9.17) is 23.2 Å². The van der Waals surface area contributed by atoms with Gasteiger partial charge in [0.15, 0.2) is 5.78 Å². The van der Waals surface area contributed by atoms with Crippen LogP contribution >= 0.6 is 39.1 Å². The lowest BCUT2D eigenvalue weighted by molar-refractivity contribution is 0.103. The Morgan fingerprint density at radius 1 is 1.19 bits per heavy atom. The molecule has 0 amide bonds. The fourth-order valence-electron chi connectivity index (χ4n) is 2.19. The van der Waals surface area contributed by atoms with E-state index in [0.29, 0.717) is 26.5 Å². The van der Waals surface area contributed by atoms with Crippen LogP contribution in [0.2, 0.25) is 10.0 Å². The number of aromatic amines is 1. The zero-order chi connectivity index (χ0) is 15.1. The van der Waals surface area contributed by atoms with Crippen molar-refractivity contribution in [3.05, 3.63) is 68.0 Å². The summed E-state index contributed by atoms with van der Waals surface area (Å²) in [6.07, 6.45) is 1.55. The van der Waals surface area contributed by atoms with Crippen LogP contribution in [0.5, 0.6) is 0 Å². The highest BCUT2D eigenvalue weighted by atomic mass is 79.9. The summed E-state index contributed by atoms with van der Waals surface area (Å²) in [6, 6.07) is 7.57. The van der Waals surface area contributed by atoms with Crippen LogP contribution in [0.15, 0.2) is 41.0 Å². The number of hydrogen-bond donors (Lipinski definition) is 1. The van der Waals surface area contributed by atoms with Gasteiger partial charge in [0.1, 0.15) is 5.82 Å². The van der Waals surface area contributed by atoms with Gasteiger partial charge in [-0.15, -0.1) is 0 Å². The highest BCUT2D eigenvalue weighted by Gasteiger charge is 2.20. The van der Waals surface area contributed by atoms with Crippen molar-refractivity contribution in [1.82, 2.24) is 4.98 Å². The monoisotopic (exact) mass is 385 g/mol. The molecule has 1 aromatic heterocycles. The lowest BCUT2D eigenvalue weighted by Gasteiger charge is -2.05. The second-order valence-electron chi connectivity index (χ2n) is 4.44. The molecule has 3 rings (SSSR count). The first kappa shape index (κ1) is 14.6. The van der Waals surface area contributed by atoms with E-state index in [0.717, 1.165) is 0 Å². The average molecular weight is 387 g/mol. The average Bonchev–Trinajstić information content (AvgIpc) is 2.85. The van der Waals surface area contributed by atoms with Gasteiger partial charge in [0.2, 0.25) is 0 Å². The first-order chi connectivity index (χ1) is 9.99. The fraction of sp³-hybridized carbons (Fsp3) is 0. The molecule has 6 heteroatoms. The number of ketones is 1. The molecule has 0 aliphatic rings. The largest absolute Gasteiger partial charge is 0.360 e. The summed E-state index contributed by atoms with van der Waals surface area (Å²) in [5.74, 6) is -0.813. The van der Waals surface area contributed by atoms with Gasteiger partial charge in [-0.25, -0.2) is 4.39 Å². The summed E-state index contributed by atoms with van der Waals surface area (Å²) < 4.78 is 13.7. The number of hydrogen-bond acceptors (Lipinski definition) is 1. The quantitative estimate of drug-likeness (QED) is 0.570. The van der Waals surface area contributed by atoms with E-state index < -0.39 is 5.82 Å². The van der Waals surface area contributed by atoms with Crippen molar-refractivity contribution in [1.29, 1.82) is 0 Å². The minimum absolute atomic E-state index is 0.134. The van der Waals surface area contributed by atoms with Gasteiger partial charge in [0, 0.05) is 33.2 Å². The van der Waals surface area contributed by atoms with E-state index >= 15 is 0 Å². The SMILES string of the molecule is O=C(c1cccc(F)c1Br)c1c[nH]c2cc(Cl)cc(Cl)c12. The molecule has 2 nitrogen and oxygen atoms in total. The number of aromatic nitrogens is 1. The van der Waals surface area contributed by atoms with Crippen LogP contribution in [0.25, 0.3) is 10.9 Å². The molecule has 0 atom stereocenters. The lowest BCUT2D eigenvalue weighted by Crippen LogP contribution is -2.02. The first-order valence-corrected chi connectivity index (χ1v) is 7.49. The molecule has 0 saturated carbocycles. The third kappa shape index (κ3) is 2.48. The smallest absolute Gasteiger partial charge is 0.196 e. The topological polar surface area (TPSA) is 32.9 Å². The maximum atomic E-state index is 13.6. The van der Waals surface area contributed by atoms with Gasteiger partial charge >= 0.3 is 0 Å². The summed E-state index contributed by atoms with van der Waals surface area (Å²) in [4.78, 5) is 15.6. The molecule has 0 bridgehead atoms. The Balaban J connectivity index is 2.21. The van der Waals surface area contributed by atoms with E-state index in [-0.39, 0.29) is 15.8 Å². The van der Waals surface area contributed by atoms with Crippen molar-refractivity contribution in [2.24, 2.45) is 0 Å². The zero-order valence-corrected chi connectivity index (χ0v) is 13.5. The summed E-state index contributed by atoms with van der Waals surface area (Å²) in [6.45, 7) is 0. The molecule has 0 radical (unpaired) electrons. The second kappa shape index (κ2) is 5.44. The number of carbonyl (C=O) groups excluding carboxylic acids is 1. The van der Waals surface area contributed by atoms with Crippen molar-refractivity contribution in [2.45, 2.75) is 0 Å². The van der Waals surface area contributed by atoms with Gasteiger partial charge in [0.25, 0.3) is 0 Å². The van der Waals surface area contributed by atoms with Gasteiger partial charge in [-0.05, 0) is 40.2 Å². The number of fused-ring (bicyclic) bond motifs is 1. The van der Waals surface area contributed by atoms with Gasteiger partial charge < -0.3 is 4.98 Å². The molecule has 0 aliphatic heterocycles. The summed E-state index contributed by atoms with van der Waals surface area (Å²) >= 11 is 15.2. The summed E-state index contributed by atoms with van der Waals surface area (Å²) in [5.41, 5.74) is 1.27.